The number of benzene rings is 1. The molecule has 6 heteroatoms. The number of ether oxygens (including phenoxy) is 1. The number of carboxylic acids is 1. The standard InChI is InChI=1S/C17H19NO5/c1-3-12(11-7-5-6-8-13(11)22-4-2)18-16(19)14-9-10-15(23-14)17(20)21/h5-10,12H,3-4H2,1-2H3,(H,18,19)(H,20,21). The number of amides is 1. The molecule has 1 atom stereocenters. The molecule has 0 aliphatic heterocycles. The summed E-state index contributed by atoms with van der Waals surface area (Å²) in [6, 6.07) is 9.83. The highest BCUT2D eigenvalue weighted by molar-refractivity contribution is 5.93. The van der Waals surface area contributed by atoms with Gasteiger partial charge >= 0.3 is 5.97 Å². The zero-order chi connectivity index (χ0) is 16.8. The number of carbonyl (C=O) groups excluding carboxylic acids is 1. The van der Waals surface area contributed by atoms with E-state index in [2.05, 4.69) is 5.32 Å². The summed E-state index contributed by atoms with van der Waals surface area (Å²) in [6.07, 6.45) is 0.655. The van der Waals surface area contributed by atoms with E-state index in [0.29, 0.717) is 18.8 Å². The van der Waals surface area contributed by atoms with E-state index in [1.54, 1.807) is 0 Å². The average molecular weight is 317 g/mol. The van der Waals surface area contributed by atoms with Crippen LogP contribution in [0.3, 0.4) is 0 Å². The van der Waals surface area contributed by atoms with E-state index in [-0.39, 0.29) is 17.6 Å². The van der Waals surface area contributed by atoms with Gasteiger partial charge in [-0.05, 0) is 31.5 Å². The van der Waals surface area contributed by atoms with Crippen LogP contribution < -0.4 is 10.1 Å². The highest BCUT2D eigenvalue weighted by Gasteiger charge is 2.20. The molecular weight excluding hydrogens is 298 g/mol. The van der Waals surface area contributed by atoms with Crippen LogP contribution in [0.4, 0.5) is 0 Å². The molecule has 1 amide bonds. The minimum Gasteiger partial charge on any atom is -0.494 e. The van der Waals surface area contributed by atoms with Crippen LogP contribution in [0.1, 0.15) is 53.0 Å². The molecule has 0 bridgehead atoms. The molecule has 0 saturated carbocycles. The first-order chi connectivity index (χ1) is 11.1. The quantitative estimate of drug-likeness (QED) is 0.818. The maximum Gasteiger partial charge on any atom is 0.371 e. The molecule has 122 valence electrons. The van der Waals surface area contributed by atoms with Gasteiger partial charge in [-0.3, -0.25) is 4.79 Å². The molecule has 1 aromatic heterocycles. The van der Waals surface area contributed by atoms with Crippen LogP contribution in [0.15, 0.2) is 40.8 Å². The lowest BCUT2D eigenvalue weighted by molar-refractivity contribution is 0.0659. The normalized spacial score (nSPS) is 11.7. The summed E-state index contributed by atoms with van der Waals surface area (Å²) in [4.78, 5) is 23.1. The molecule has 2 aromatic rings. The lowest BCUT2D eigenvalue weighted by Crippen LogP contribution is -2.28. The molecule has 0 fully saturated rings. The third-order valence-electron chi connectivity index (χ3n) is 3.35. The molecule has 0 spiro atoms. The summed E-state index contributed by atoms with van der Waals surface area (Å²) in [5, 5.41) is 11.7. The highest BCUT2D eigenvalue weighted by atomic mass is 16.5. The molecule has 0 saturated heterocycles. The minimum absolute atomic E-state index is 0.0326. The van der Waals surface area contributed by atoms with Crippen molar-refractivity contribution in [3.05, 3.63) is 53.5 Å². The molecular formula is C17H19NO5. The van der Waals surface area contributed by atoms with Crippen molar-refractivity contribution in [2.45, 2.75) is 26.3 Å². The lowest BCUT2D eigenvalue weighted by Gasteiger charge is -2.20. The van der Waals surface area contributed by atoms with Gasteiger partial charge in [0, 0.05) is 5.56 Å². The zero-order valence-electron chi connectivity index (χ0n) is 13.0. The van der Waals surface area contributed by atoms with Crippen LogP contribution in [0.5, 0.6) is 5.75 Å². The van der Waals surface area contributed by atoms with Crippen molar-refractivity contribution in [3.63, 3.8) is 0 Å². The van der Waals surface area contributed by atoms with Crippen LogP contribution in [0.25, 0.3) is 0 Å². The number of hydrogen-bond donors (Lipinski definition) is 2. The number of furan rings is 1. The van der Waals surface area contributed by atoms with Gasteiger partial charge in [-0.15, -0.1) is 0 Å². The average Bonchev–Trinajstić information content (AvgIpc) is 3.04. The summed E-state index contributed by atoms with van der Waals surface area (Å²) in [5.41, 5.74) is 0.871. The molecule has 23 heavy (non-hydrogen) atoms. The lowest BCUT2D eigenvalue weighted by atomic mass is 10.0. The Kier molecular flexibility index (Phi) is 5.41. The van der Waals surface area contributed by atoms with Crippen molar-refractivity contribution < 1.29 is 23.8 Å². The second-order valence-corrected chi connectivity index (χ2v) is 4.87. The van der Waals surface area contributed by atoms with E-state index in [9.17, 15) is 9.59 Å². The number of hydrogen-bond acceptors (Lipinski definition) is 4. The predicted octanol–water partition coefficient (Wildman–Crippen LogP) is 3.26. The maximum atomic E-state index is 12.3. The molecule has 2 N–H and O–H groups in total. The second-order valence-electron chi connectivity index (χ2n) is 4.87. The molecule has 0 aliphatic carbocycles. The van der Waals surface area contributed by atoms with Crippen LogP contribution in [-0.2, 0) is 0 Å². The monoisotopic (exact) mass is 317 g/mol. The first-order valence-corrected chi connectivity index (χ1v) is 7.42. The fourth-order valence-electron chi connectivity index (χ4n) is 2.26. The van der Waals surface area contributed by atoms with Crippen molar-refractivity contribution in [1.82, 2.24) is 5.32 Å². The largest absolute Gasteiger partial charge is 0.494 e. The van der Waals surface area contributed by atoms with Gasteiger partial charge in [0.1, 0.15) is 5.75 Å². The summed E-state index contributed by atoms with van der Waals surface area (Å²) in [7, 11) is 0. The fourth-order valence-corrected chi connectivity index (χ4v) is 2.26. The molecule has 6 nitrogen and oxygen atoms in total. The third-order valence-corrected chi connectivity index (χ3v) is 3.35. The Bertz CT molecular complexity index is 692. The Labute approximate surface area is 134 Å². The van der Waals surface area contributed by atoms with Gasteiger partial charge in [-0.25, -0.2) is 4.79 Å². The Balaban J connectivity index is 2.18. The van der Waals surface area contributed by atoms with Crippen LogP contribution in [0, 0.1) is 0 Å². The number of rotatable bonds is 7. The third kappa shape index (κ3) is 3.91. The summed E-state index contributed by atoms with van der Waals surface area (Å²) >= 11 is 0. The van der Waals surface area contributed by atoms with Crippen molar-refractivity contribution >= 4 is 11.9 Å². The first kappa shape index (κ1) is 16.6. The SMILES string of the molecule is CCOc1ccccc1C(CC)NC(=O)c1ccc(C(=O)O)o1. The molecule has 1 aromatic carbocycles. The Hall–Kier alpha value is -2.76. The summed E-state index contributed by atoms with van der Waals surface area (Å²) in [5.74, 6) is -1.26. The van der Waals surface area contributed by atoms with E-state index in [1.807, 2.05) is 38.1 Å². The van der Waals surface area contributed by atoms with Crippen LogP contribution in [-0.4, -0.2) is 23.6 Å². The van der Waals surface area contributed by atoms with E-state index in [1.165, 1.54) is 12.1 Å². The van der Waals surface area contributed by atoms with E-state index < -0.39 is 11.9 Å². The number of carboxylic acid groups (broad SMARTS) is 1. The smallest absolute Gasteiger partial charge is 0.371 e. The Morgan fingerprint density at radius 3 is 2.48 bits per heavy atom. The summed E-state index contributed by atoms with van der Waals surface area (Å²) in [6.45, 7) is 4.37. The van der Waals surface area contributed by atoms with Gasteiger partial charge in [0.2, 0.25) is 5.76 Å². The number of para-hydroxylation sites is 1. The summed E-state index contributed by atoms with van der Waals surface area (Å²) < 4.78 is 10.6. The van der Waals surface area contributed by atoms with Crippen molar-refractivity contribution in [1.29, 1.82) is 0 Å². The van der Waals surface area contributed by atoms with Crippen molar-refractivity contribution in [2.75, 3.05) is 6.61 Å². The van der Waals surface area contributed by atoms with E-state index >= 15 is 0 Å². The predicted molar refractivity (Wildman–Crippen MR) is 83.8 cm³/mol. The Morgan fingerprint density at radius 1 is 1.17 bits per heavy atom. The van der Waals surface area contributed by atoms with Gasteiger partial charge in [-0.2, -0.15) is 0 Å². The maximum absolute atomic E-state index is 12.3. The van der Waals surface area contributed by atoms with Gasteiger partial charge in [0.05, 0.1) is 12.6 Å². The fraction of sp³-hybridized carbons (Fsp3) is 0.294. The molecule has 2 rings (SSSR count). The second kappa shape index (κ2) is 7.49. The highest BCUT2D eigenvalue weighted by Crippen LogP contribution is 2.27. The van der Waals surface area contributed by atoms with E-state index in [0.717, 1.165) is 5.56 Å². The van der Waals surface area contributed by atoms with Gasteiger partial charge in [-0.1, -0.05) is 25.1 Å². The van der Waals surface area contributed by atoms with Crippen molar-refractivity contribution in [2.24, 2.45) is 0 Å². The van der Waals surface area contributed by atoms with Gasteiger partial charge in [0.25, 0.3) is 5.91 Å². The Morgan fingerprint density at radius 2 is 1.87 bits per heavy atom. The minimum atomic E-state index is -1.21. The zero-order valence-corrected chi connectivity index (χ0v) is 13.0. The molecule has 0 aliphatic rings. The van der Waals surface area contributed by atoms with Crippen molar-refractivity contribution in [3.8, 4) is 5.75 Å². The number of carbonyl (C=O) groups is 2. The number of aromatic carboxylic acids is 1. The molecule has 0 radical (unpaired) electrons. The van der Waals surface area contributed by atoms with Crippen LogP contribution >= 0.6 is 0 Å². The first-order valence-electron chi connectivity index (χ1n) is 7.42. The van der Waals surface area contributed by atoms with Gasteiger partial charge in [0.15, 0.2) is 5.76 Å². The van der Waals surface area contributed by atoms with E-state index in [4.69, 9.17) is 14.3 Å². The van der Waals surface area contributed by atoms with Gasteiger partial charge < -0.3 is 19.6 Å². The number of nitrogens with one attached hydrogen (secondary N) is 1. The molecule has 1 unspecified atom stereocenters. The van der Waals surface area contributed by atoms with Crippen LogP contribution in [0.2, 0.25) is 0 Å². The topological polar surface area (TPSA) is 88.8 Å². The molecule has 1 heterocycles.